The summed E-state index contributed by atoms with van der Waals surface area (Å²) in [5.74, 6) is 0. The molecule has 14 heavy (non-hydrogen) atoms. The average molecular weight is 189 g/mol. The Morgan fingerprint density at radius 2 is 2.43 bits per heavy atom. The number of hydrogen-bond acceptors (Lipinski definition) is 3. The minimum atomic E-state index is 0.651. The fraction of sp³-hybridized carbons (Fsp3) is 0.364. The van der Waals surface area contributed by atoms with Crippen molar-refractivity contribution in [3.63, 3.8) is 0 Å². The smallest absolute Gasteiger partial charge is 0.0738 e. The van der Waals surface area contributed by atoms with Crippen LogP contribution in [0.2, 0.25) is 0 Å². The quantitative estimate of drug-likeness (QED) is 0.734. The molecule has 1 heterocycles. The number of rotatable bonds is 4. The maximum Gasteiger partial charge on any atom is 0.0738 e. The Morgan fingerprint density at radius 1 is 1.64 bits per heavy atom. The van der Waals surface area contributed by atoms with Gasteiger partial charge in [0.15, 0.2) is 0 Å². The largest absolute Gasteiger partial charge is 0.396 e. The summed E-state index contributed by atoms with van der Waals surface area (Å²) < 4.78 is 0. The first-order valence-electron chi connectivity index (χ1n) is 4.90. The highest BCUT2D eigenvalue weighted by Crippen LogP contribution is 2.33. The van der Waals surface area contributed by atoms with Gasteiger partial charge in [-0.3, -0.25) is 4.98 Å². The predicted molar refractivity (Wildman–Crippen MR) is 59.2 cm³/mol. The number of anilines is 2. The number of hydrogen-bond donors (Lipinski definition) is 1. The molecule has 1 aliphatic carbocycles. The summed E-state index contributed by atoms with van der Waals surface area (Å²) >= 11 is 0. The van der Waals surface area contributed by atoms with Crippen molar-refractivity contribution in [3.8, 4) is 0 Å². The molecule has 0 amide bonds. The molecule has 1 aromatic heterocycles. The molecule has 1 aromatic rings. The number of nitrogens with zero attached hydrogens (tertiary/aromatic N) is 2. The first-order chi connectivity index (χ1) is 6.83. The van der Waals surface area contributed by atoms with Gasteiger partial charge >= 0.3 is 0 Å². The molecule has 0 spiro atoms. The van der Waals surface area contributed by atoms with Crippen molar-refractivity contribution in [2.75, 3.05) is 17.2 Å². The van der Waals surface area contributed by atoms with E-state index in [0.717, 1.165) is 17.9 Å². The van der Waals surface area contributed by atoms with Crippen LogP contribution in [0.15, 0.2) is 31.1 Å². The van der Waals surface area contributed by atoms with Gasteiger partial charge in [-0.25, -0.2) is 0 Å². The number of nitrogens with two attached hydrogens (primary N) is 1. The molecule has 0 aromatic carbocycles. The summed E-state index contributed by atoms with van der Waals surface area (Å²) in [5, 5.41) is 0. The molecule has 0 saturated heterocycles. The van der Waals surface area contributed by atoms with E-state index >= 15 is 0 Å². The van der Waals surface area contributed by atoms with Gasteiger partial charge in [-0.05, 0) is 18.9 Å². The van der Waals surface area contributed by atoms with Crippen molar-refractivity contribution in [2.45, 2.75) is 18.9 Å². The third-order valence-corrected chi connectivity index (χ3v) is 2.45. The Kier molecular flexibility index (Phi) is 2.39. The van der Waals surface area contributed by atoms with E-state index in [-0.39, 0.29) is 0 Å². The third kappa shape index (κ3) is 1.71. The molecule has 0 bridgehead atoms. The highest BCUT2D eigenvalue weighted by Gasteiger charge is 2.29. The van der Waals surface area contributed by atoms with Crippen molar-refractivity contribution >= 4 is 11.4 Å². The van der Waals surface area contributed by atoms with E-state index < -0.39 is 0 Å². The molecule has 2 N–H and O–H groups in total. The van der Waals surface area contributed by atoms with Crippen LogP contribution < -0.4 is 10.6 Å². The molecule has 0 unspecified atom stereocenters. The monoisotopic (exact) mass is 189 g/mol. The van der Waals surface area contributed by atoms with Crippen LogP contribution in [-0.4, -0.2) is 17.6 Å². The summed E-state index contributed by atoms with van der Waals surface area (Å²) in [6.45, 7) is 4.63. The summed E-state index contributed by atoms with van der Waals surface area (Å²) in [6.07, 6.45) is 7.92. The van der Waals surface area contributed by atoms with Crippen molar-refractivity contribution in [2.24, 2.45) is 0 Å². The predicted octanol–water partition coefficient (Wildman–Crippen LogP) is 1.82. The Morgan fingerprint density at radius 3 is 3.00 bits per heavy atom. The van der Waals surface area contributed by atoms with Gasteiger partial charge in [0.1, 0.15) is 0 Å². The van der Waals surface area contributed by atoms with Crippen LogP contribution in [0.1, 0.15) is 12.8 Å². The van der Waals surface area contributed by atoms with Crippen LogP contribution in [0.4, 0.5) is 11.4 Å². The lowest BCUT2D eigenvalue weighted by Crippen LogP contribution is -2.26. The van der Waals surface area contributed by atoms with Gasteiger partial charge in [-0.15, -0.1) is 6.58 Å². The zero-order valence-corrected chi connectivity index (χ0v) is 8.19. The molecule has 1 aliphatic rings. The summed E-state index contributed by atoms with van der Waals surface area (Å²) in [5.41, 5.74) is 7.72. The standard InChI is InChI=1S/C11H15N3/c1-2-7-14(9-3-4-9)11-5-6-13-8-10(11)12/h2,5-6,8-9H,1,3-4,7,12H2. The Balaban J connectivity index is 2.25. The summed E-state index contributed by atoms with van der Waals surface area (Å²) in [7, 11) is 0. The number of aromatic nitrogens is 1. The van der Waals surface area contributed by atoms with E-state index in [0.29, 0.717) is 6.04 Å². The van der Waals surface area contributed by atoms with Gasteiger partial charge in [0, 0.05) is 18.8 Å². The highest BCUT2D eigenvalue weighted by molar-refractivity contribution is 5.67. The number of pyridine rings is 1. The second-order valence-corrected chi connectivity index (χ2v) is 3.61. The van der Waals surface area contributed by atoms with E-state index in [2.05, 4.69) is 16.5 Å². The van der Waals surface area contributed by atoms with Crippen LogP contribution in [0.3, 0.4) is 0 Å². The Hall–Kier alpha value is -1.51. The number of nitrogen functional groups attached to an aromatic ring is 1. The second kappa shape index (κ2) is 3.70. The van der Waals surface area contributed by atoms with E-state index in [1.165, 1.54) is 12.8 Å². The molecule has 0 aliphatic heterocycles. The fourth-order valence-electron chi connectivity index (χ4n) is 1.63. The Bertz CT molecular complexity index is 331. The van der Waals surface area contributed by atoms with Gasteiger partial charge in [-0.2, -0.15) is 0 Å². The lowest BCUT2D eigenvalue weighted by Gasteiger charge is -2.24. The van der Waals surface area contributed by atoms with Crippen LogP contribution in [0.5, 0.6) is 0 Å². The average Bonchev–Trinajstić information content (AvgIpc) is 2.99. The van der Waals surface area contributed by atoms with Crippen LogP contribution in [0.25, 0.3) is 0 Å². The van der Waals surface area contributed by atoms with E-state index in [9.17, 15) is 0 Å². The van der Waals surface area contributed by atoms with Gasteiger partial charge in [0.2, 0.25) is 0 Å². The molecule has 0 radical (unpaired) electrons. The maximum atomic E-state index is 5.88. The zero-order valence-electron chi connectivity index (χ0n) is 8.19. The minimum absolute atomic E-state index is 0.651. The van der Waals surface area contributed by atoms with Crippen LogP contribution in [0, 0.1) is 0 Å². The molecule has 74 valence electrons. The molecular weight excluding hydrogens is 174 g/mol. The first kappa shape index (κ1) is 9.06. The normalized spacial score (nSPS) is 15.1. The fourth-order valence-corrected chi connectivity index (χ4v) is 1.63. The van der Waals surface area contributed by atoms with Crippen LogP contribution >= 0.6 is 0 Å². The zero-order chi connectivity index (χ0) is 9.97. The van der Waals surface area contributed by atoms with E-state index in [1.807, 2.05) is 12.1 Å². The van der Waals surface area contributed by atoms with Gasteiger partial charge in [0.25, 0.3) is 0 Å². The third-order valence-electron chi connectivity index (χ3n) is 2.45. The molecule has 0 atom stereocenters. The molecule has 1 saturated carbocycles. The highest BCUT2D eigenvalue weighted by atomic mass is 15.2. The van der Waals surface area contributed by atoms with Crippen molar-refractivity contribution in [3.05, 3.63) is 31.1 Å². The Labute approximate surface area is 84.2 Å². The van der Waals surface area contributed by atoms with E-state index in [4.69, 9.17) is 5.73 Å². The lowest BCUT2D eigenvalue weighted by atomic mass is 10.3. The van der Waals surface area contributed by atoms with Gasteiger partial charge in [-0.1, -0.05) is 6.08 Å². The topological polar surface area (TPSA) is 42.2 Å². The molecule has 3 heteroatoms. The van der Waals surface area contributed by atoms with Crippen LogP contribution in [-0.2, 0) is 0 Å². The minimum Gasteiger partial charge on any atom is -0.396 e. The first-order valence-corrected chi connectivity index (χ1v) is 4.90. The molecule has 3 nitrogen and oxygen atoms in total. The van der Waals surface area contributed by atoms with Gasteiger partial charge in [0.05, 0.1) is 17.6 Å². The van der Waals surface area contributed by atoms with Gasteiger partial charge < -0.3 is 10.6 Å². The molecular formula is C11H15N3. The molecule has 2 rings (SSSR count). The van der Waals surface area contributed by atoms with Crippen molar-refractivity contribution < 1.29 is 0 Å². The lowest BCUT2D eigenvalue weighted by molar-refractivity contribution is 0.862. The van der Waals surface area contributed by atoms with Crippen molar-refractivity contribution in [1.82, 2.24) is 4.98 Å². The summed E-state index contributed by atoms with van der Waals surface area (Å²) in [4.78, 5) is 6.29. The summed E-state index contributed by atoms with van der Waals surface area (Å²) in [6, 6.07) is 2.62. The second-order valence-electron chi connectivity index (χ2n) is 3.61. The maximum absolute atomic E-state index is 5.88. The van der Waals surface area contributed by atoms with Crippen molar-refractivity contribution in [1.29, 1.82) is 0 Å². The SMILES string of the molecule is C=CCN(c1ccncc1N)C1CC1. The molecule has 1 fully saturated rings. The van der Waals surface area contributed by atoms with E-state index in [1.54, 1.807) is 12.4 Å².